The molecule has 4 aromatic rings. The van der Waals surface area contributed by atoms with Crippen LogP contribution in [-0.4, -0.2) is 46.9 Å². The Morgan fingerprint density at radius 2 is 1.21 bits per heavy atom. The van der Waals surface area contributed by atoms with Crippen molar-refractivity contribution in [3.63, 3.8) is 0 Å². The second-order valence-electron chi connectivity index (χ2n) is 12.3. The van der Waals surface area contributed by atoms with Crippen molar-refractivity contribution in [2.24, 2.45) is 0 Å². The molecule has 5 heteroatoms. The van der Waals surface area contributed by atoms with Gasteiger partial charge in [0.15, 0.2) is 5.78 Å². The minimum absolute atomic E-state index is 0.131. The summed E-state index contributed by atoms with van der Waals surface area (Å²) in [5.41, 5.74) is 5.06. The lowest BCUT2D eigenvalue weighted by Gasteiger charge is -2.22. The first-order valence-electron chi connectivity index (χ1n) is 14.9. The summed E-state index contributed by atoms with van der Waals surface area (Å²) in [7, 11) is 0. The monoisotopic (exact) mass is 562 g/mol. The molecule has 1 atom stereocenters. The van der Waals surface area contributed by atoms with Crippen molar-refractivity contribution < 1.29 is 14.6 Å². The molecule has 0 bridgehead atoms. The van der Waals surface area contributed by atoms with E-state index >= 15 is 0 Å². The molecule has 0 aromatic heterocycles. The molecule has 1 N–H and O–H groups in total. The minimum Gasteiger partial charge on any atom is -0.457 e. The summed E-state index contributed by atoms with van der Waals surface area (Å²) < 4.78 is 6.08. The third kappa shape index (κ3) is 7.95. The summed E-state index contributed by atoms with van der Waals surface area (Å²) in [6, 6.07) is 33.6. The molecule has 1 aliphatic heterocycles. The topological polar surface area (TPSA) is 53.0 Å². The second-order valence-corrected chi connectivity index (χ2v) is 12.3. The average molecular weight is 563 g/mol. The lowest BCUT2D eigenvalue weighted by atomic mass is 9.87. The second kappa shape index (κ2) is 13.5. The lowest BCUT2D eigenvalue weighted by Crippen LogP contribution is -2.30. The molecule has 0 aliphatic carbocycles. The Hall–Kier alpha value is -3.77. The Labute approximate surface area is 250 Å². The molecule has 0 radical (unpaired) electrons. The Bertz CT molecular complexity index is 1430. The van der Waals surface area contributed by atoms with Crippen molar-refractivity contribution in [3.8, 4) is 11.5 Å². The molecular weight excluding hydrogens is 520 g/mol. The summed E-state index contributed by atoms with van der Waals surface area (Å²) in [5.74, 6) is 1.44. The van der Waals surface area contributed by atoms with Crippen LogP contribution in [0.1, 0.15) is 65.9 Å². The number of benzene rings is 4. The van der Waals surface area contributed by atoms with Crippen LogP contribution in [0.3, 0.4) is 0 Å². The average Bonchev–Trinajstić information content (AvgIpc) is 3.23. The van der Waals surface area contributed by atoms with Gasteiger partial charge < -0.3 is 9.84 Å². The SMILES string of the molecule is CC(C)(C)c1ccc(Oc2ccc(CN3CCCN(Cc4ccc(C(O)C(=O)c5ccccc5)cc4)CC3)cc2)cc1. The zero-order valence-electron chi connectivity index (χ0n) is 25.0. The van der Waals surface area contributed by atoms with Crippen LogP contribution in [-0.2, 0) is 18.5 Å². The molecule has 1 unspecified atom stereocenters. The molecule has 0 saturated carbocycles. The Morgan fingerprint density at radius 3 is 1.74 bits per heavy atom. The fraction of sp³-hybridized carbons (Fsp3) is 0.324. The molecule has 1 fully saturated rings. The number of nitrogens with zero attached hydrogens (tertiary/aromatic N) is 2. The molecule has 1 saturated heterocycles. The highest BCUT2D eigenvalue weighted by molar-refractivity contribution is 5.99. The summed E-state index contributed by atoms with van der Waals surface area (Å²) >= 11 is 0. The number of hydrogen-bond acceptors (Lipinski definition) is 5. The van der Waals surface area contributed by atoms with E-state index in [4.69, 9.17) is 4.74 Å². The maximum Gasteiger partial charge on any atom is 0.195 e. The largest absolute Gasteiger partial charge is 0.457 e. The van der Waals surface area contributed by atoms with Crippen molar-refractivity contribution in [1.29, 1.82) is 0 Å². The number of ketones is 1. The van der Waals surface area contributed by atoms with E-state index in [1.807, 2.05) is 54.6 Å². The number of hydrogen-bond donors (Lipinski definition) is 1. The van der Waals surface area contributed by atoms with Gasteiger partial charge in [-0.1, -0.05) is 99.6 Å². The van der Waals surface area contributed by atoms with Crippen LogP contribution >= 0.6 is 0 Å². The van der Waals surface area contributed by atoms with Gasteiger partial charge in [-0.15, -0.1) is 0 Å². The molecule has 5 nitrogen and oxygen atoms in total. The maximum atomic E-state index is 12.6. The third-order valence-electron chi connectivity index (χ3n) is 7.98. The van der Waals surface area contributed by atoms with Crippen LogP contribution in [0.15, 0.2) is 103 Å². The van der Waals surface area contributed by atoms with Crippen LogP contribution in [0, 0.1) is 0 Å². The van der Waals surface area contributed by atoms with Crippen LogP contribution < -0.4 is 4.74 Å². The zero-order chi connectivity index (χ0) is 29.5. The molecule has 1 aliphatic rings. The minimum atomic E-state index is -1.14. The fourth-order valence-electron chi connectivity index (χ4n) is 5.40. The highest BCUT2D eigenvalue weighted by Crippen LogP contribution is 2.27. The summed E-state index contributed by atoms with van der Waals surface area (Å²) in [5, 5.41) is 10.6. The van der Waals surface area contributed by atoms with Crippen LogP contribution in [0.5, 0.6) is 11.5 Å². The predicted octanol–water partition coefficient (Wildman–Crippen LogP) is 7.40. The number of carbonyl (C=O) groups excluding carboxylic acids is 1. The normalized spacial score (nSPS) is 15.6. The standard InChI is InChI=1S/C37H42N2O3/c1-37(2,3)32-16-20-34(21-17-32)42-33-18-12-29(13-19-33)27-39-23-7-22-38(24-25-39)26-28-10-14-31(15-11-28)36(41)35(40)30-8-5-4-6-9-30/h4-6,8-21,36,41H,7,22-27H2,1-3H3. The van der Waals surface area contributed by atoms with Crippen molar-refractivity contribution in [2.75, 3.05) is 26.2 Å². The number of aliphatic hydroxyl groups is 1. The number of aliphatic hydroxyl groups excluding tert-OH is 1. The van der Waals surface area contributed by atoms with Crippen molar-refractivity contribution in [2.45, 2.75) is 51.8 Å². The number of ether oxygens (including phenoxy) is 1. The van der Waals surface area contributed by atoms with E-state index in [1.54, 1.807) is 12.1 Å². The van der Waals surface area contributed by atoms with Gasteiger partial charge in [-0.05, 0) is 71.4 Å². The quantitative estimate of drug-likeness (QED) is 0.216. The first kappa shape index (κ1) is 29.7. The van der Waals surface area contributed by atoms with Crippen molar-refractivity contribution >= 4 is 5.78 Å². The van der Waals surface area contributed by atoms with Gasteiger partial charge in [-0.25, -0.2) is 0 Å². The van der Waals surface area contributed by atoms with Crippen LogP contribution in [0.2, 0.25) is 0 Å². The Morgan fingerprint density at radius 1 is 0.714 bits per heavy atom. The lowest BCUT2D eigenvalue weighted by molar-refractivity contribution is 0.0747. The van der Waals surface area contributed by atoms with Gasteiger partial charge in [-0.3, -0.25) is 14.6 Å². The number of rotatable bonds is 9. The Balaban J connectivity index is 1.09. The van der Waals surface area contributed by atoms with E-state index in [0.717, 1.165) is 57.2 Å². The number of carbonyl (C=O) groups is 1. The van der Waals surface area contributed by atoms with Gasteiger partial charge in [-0.2, -0.15) is 0 Å². The van der Waals surface area contributed by atoms with E-state index in [0.29, 0.717) is 11.1 Å². The molecular formula is C37H42N2O3. The molecule has 0 spiro atoms. The Kier molecular flexibility index (Phi) is 9.53. The number of Topliss-reactive ketones (excluding diaryl/α,β-unsaturated/α-hetero) is 1. The third-order valence-corrected chi connectivity index (χ3v) is 7.98. The van der Waals surface area contributed by atoms with Crippen LogP contribution in [0.25, 0.3) is 0 Å². The smallest absolute Gasteiger partial charge is 0.195 e. The molecule has 218 valence electrons. The van der Waals surface area contributed by atoms with Gasteiger partial charge in [0, 0.05) is 31.7 Å². The van der Waals surface area contributed by atoms with Gasteiger partial charge in [0.1, 0.15) is 17.6 Å². The maximum absolute atomic E-state index is 12.6. The highest BCUT2D eigenvalue weighted by atomic mass is 16.5. The van der Waals surface area contributed by atoms with E-state index in [-0.39, 0.29) is 11.2 Å². The summed E-state index contributed by atoms with van der Waals surface area (Å²) in [6.07, 6.45) is -0.0254. The highest BCUT2D eigenvalue weighted by Gasteiger charge is 2.20. The first-order valence-corrected chi connectivity index (χ1v) is 14.9. The van der Waals surface area contributed by atoms with E-state index < -0.39 is 6.10 Å². The predicted molar refractivity (Wildman–Crippen MR) is 169 cm³/mol. The molecule has 4 aromatic carbocycles. The molecule has 5 rings (SSSR count). The van der Waals surface area contributed by atoms with E-state index in [1.165, 1.54) is 16.7 Å². The van der Waals surface area contributed by atoms with Crippen molar-refractivity contribution in [3.05, 3.63) is 131 Å². The van der Waals surface area contributed by atoms with Crippen LogP contribution in [0.4, 0.5) is 0 Å². The van der Waals surface area contributed by atoms with Gasteiger partial charge in [0.05, 0.1) is 0 Å². The fourth-order valence-corrected chi connectivity index (χ4v) is 5.40. The van der Waals surface area contributed by atoms with Gasteiger partial charge in [0.25, 0.3) is 0 Å². The van der Waals surface area contributed by atoms with E-state index in [2.05, 4.69) is 67.0 Å². The van der Waals surface area contributed by atoms with E-state index in [9.17, 15) is 9.90 Å². The van der Waals surface area contributed by atoms with Crippen molar-refractivity contribution in [1.82, 2.24) is 9.80 Å². The molecule has 0 amide bonds. The first-order chi connectivity index (χ1) is 20.2. The van der Waals surface area contributed by atoms with Gasteiger partial charge in [0.2, 0.25) is 0 Å². The molecule has 1 heterocycles. The van der Waals surface area contributed by atoms with Gasteiger partial charge >= 0.3 is 0 Å². The molecule has 42 heavy (non-hydrogen) atoms. The zero-order valence-corrected chi connectivity index (χ0v) is 25.0. The summed E-state index contributed by atoms with van der Waals surface area (Å²) in [4.78, 5) is 17.6. The summed E-state index contributed by atoms with van der Waals surface area (Å²) in [6.45, 7) is 12.6.